The molecule has 0 unspecified atom stereocenters. The van der Waals surface area contributed by atoms with Gasteiger partial charge >= 0.3 is 0 Å². The van der Waals surface area contributed by atoms with E-state index in [1.165, 1.54) is 22.4 Å². The molecule has 1 aliphatic rings. The van der Waals surface area contributed by atoms with E-state index in [1.54, 1.807) is 7.11 Å². The first-order valence-electron chi connectivity index (χ1n) is 12.6. The van der Waals surface area contributed by atoms with Crippen molar-refractivity contribution < 1.29 is 4.74 Å². The second kappa shape index (κ2) is 11.4. The Bertz CT molecular complexity index is 1230. The van der Waals surface area contributed by atoms with Crippen LogP contribution in [0.3, 0.4) is 0 Å². The van der Waals surface area contributed by atoms with Crippen LogP contribution in [0.25, 0.3) is 5.69 Å². The fourth-order valence-electron chi connectivity index (χ4n) is 4.75. The van der Waals surface area contributed by atoms with Crippen molar-refractivity contribution in [3.05, 3.63) is 108 Å². The van der Waals surface area contributed by atoms with E-state index in [0.29, 0.717) is 0 Å². The van der Waals surface area contributed by atoms with Gasteiger partial charge in [0, 0.05) is 69.6 Å². The summed E-state index contributed by atoms with van der Waals surface area (Å²) in [4.78, 5) is 11.6. The predicted octanol–water partition coefficient (Wildman–Crippen LogP) is 4.84. The van der Waals surface area contributed by atoms with Crippen molar-refractivity contribution in [3.63, 3.8) is 0 Å². The molecule has 0 saturated carbocycles. The highest BCUT2D eigenvalue weighted by molar-refractivity contribution is 5.50. The van der Waals surface area contributed by atoms with Crippen LogP contribution in [0.5, 0.6) is 5.75 Å². The summed E-state index contributed by atoms with van der Waals surface area (Å²) in [5.74, 6) is 0.886. The maximum Gasteiger partial charge on any atom is 0.119 e. The summed E-state index contributed by atoms with van der Waals surface area (Å²) in [6, 6.07) is 26.1. The molecule has 5 rings (SSSR count). The number of piperazine rings is 1. The first kappa shape index (κ1) is 24.1. The lowest BCUT2D eigenvalue weighted by molar-refractivity contribution is 0.148. The first-order chi connectivity index (χ1) is 17.7. The summed E-state index contributed by atoms with van der Waals surface area (Å²) in [5.41, 5.74) is 6.18. The Morgan fingerprint density at radius 3 is 2.25 bits per heavy atom. The van der Waals surface area contributed by atoms with Gasteiger partial charge in [-0.2, -0.15) is 0 Å². The summed E-state index contributed by atoms with van der Waals surface area (Å²) in [6.07, 6.45) is 5.63. The monoisotopic (exact) mass is 481 g/mol. The lowest BCUT2D eigenvalue weighted by Crippen LogP contribution is -2.43. The van der Waals surface area contributed by atoms with Gasteiger partial charge in [0.1, 0.15) is 5.75 Å². The molecular weight excluding hydrogens is 446 g/mol. The third kappa shape index (κ3) is 6.14. The highest BCUT2D eigenvalue weighted by Crippen LogP contribution is 2.24. The average molecular weight is 482 g/mol. The van der Waals surface area contributed by atoms with Crippen LogP contribution in [-0.2, 0) is 19.6 Å². The van der Waals surface area contributed by atoms with E-state index in [9.17, 15) is 0 Å². The normalized spacial score (nSPS) is 14.6. The van der Waals surface area contributed by atoms with Crippen LogP contribution >= 0.6 is 0 Å². The van der Waals surface area contributed by atoms with E-state index < -0.39 is 0 Å². The van der Waals surface area contributed by atoms with Crippen molar-refractivity contribution in [1.29, 1.82) is 0 Å². The Morgan fingerprint density at radius 2 is 1.56 bits per heavy atom. The number of likely N-dealkylation sites (N-methyl/N-ethyl adjacent to an activating group) is 1. The van der Waals surface area contributed by atoms with E-state index in [-0.39, 0.29) is 0 Å². The minimum atomic E-state index is 0.796. The molecule has 36 heavy (non-hydrogen) atoms. The molecule has 3 aromatic carbocycles. The lowest BCUT2D eigenvalue weighted by atomic mass is 10.1. The molecule has 0 radical (unpaired) electrons. The molecule has 0 atom stereocenters. The van der Waals surface area contributed by atoms with Gasteiger partial charge in [0.2, 0.25) is 0 Å². The van der Waals surface area contributed by atoms with Crippen LogP contribution in [0.15, 0.2) is 91.5 Å². The van der Waals surface area contributed by atoms with Crippen molar-refractivity contribution in [2.75, 3.05) is 45.2 Å². The number of aromatic nitrogens is 2. The van der Waals surface area contributed by atoms with Gasteiger partial charge in [0.05, 0.1) is 13.4 Å². The standard InChI is InChI=1S/C30H35N5O/c1-32-15-17-33(18-16-32)21-25-9-11-28(12-10-25)35(23-27-6-4-8-30(20-27)36-2)22-26-5-3-7-29(19-26)34-14-13-31-24-34/h3-14,19-20,24H,15-18,21-23H2,1-2H3. The summed E-state index contributed by atoms with van der Waals surface area (Å²) < 4.78 is 7.52. The summed E-state index contributed by atoms with van der Waals surface area (Å²) in [6.45, 7) is 7.16. The minimum absolute atomic E-state index is 0.796. The Balaban J connectivity index is 1.36. The van der Waals surface area contributed by atoms with Gasteiger partial charge in [-0.05, 0) is 60.1 Å². The molecule has 6 heteroatoms. The van der Waals surface area contributed by atoms with E-state index in [4.69, 9.17) is 4.74 Å². The number of hydrogen-bond donors (Lipinski definition) is 0. The van der Waals surface area contributed by atoms with Crippen LogP contribution in [0.4, 0.5) is 5.69 Å². The molecule has 0 aliphatic carbocycles. The molecule has 0 spiro atoms. The third-order valence-electron chi connectivity index (χ3n) is 6.90. The van der Waals surface area contributed by atoms with Crippen LogP contribution < -0.4 is 9.64 Å². The molecule has 6 nitrogen and oxygen atoms in total. The van der Waals surface area contributed by atoms with E-state index in [0.717, 1.165) is 57.3 Å². The van der Waals surface area contributed by atoms with Crippen LogP contribution in [0.2, 0.25) is 0 Å². The van der Waals surface area contributed by atoms with Gasteiger partial charge in [-0.15, -0.1) is 0 Å². The Morgan fingerprint density at radius 1 is 0.833 bits per heavy atom. The zero-order valence-corrected chi connectivity index (χ0v) is 21.3. The molecule has 2 heterocycles. The second-order valence-corrected chi connectivity index (χ2v) is 9.59. The molecular formula is C30H35N5O. The van der Waals surface area contributed by atoms with Gasteiger partial charge in [-0.1, -0.05) is 36.4 Å². The van der Waals surface area contributed by atoms with Gasteiger partial charge in [0.15, 0.2) is 0 Å². The molecule has 0 amide bonds. The first-order valence-corrected chi connectivity index (χ1v) is 12.6. The zero-order chi connectivity index (χ0) is 24.7. The quantitative estimate of drug-likeness (QED) is 0.342. The molecule has 1 aromatic heterocycles. The smallest absolute Gasteiger partial charge is 0.119 e. The van der Waals surface area contributed by atoms with Crippen molar-refractivity contribution in [2.24, 2.45) is 0 Å². The lowest BCUT2D eigenvalue weighted by Gasteiger charge is -2.32. The third-order valence-corrected chi connectivity index (χ3v) is 6.90. The molecule has 0 bridgehead atoms. The number of imidazole rings is 1. The predicted molar refractivity (Wildman–Crippen MR) is 146 cm³/mol. The minimum Gasteiger partial charge on any atom is -0.497 e. The highest BCUT2D eigenvalue weighted by atomic mass is 16.5. The number of benzene rings is 3. The average Bonchev–Trinajstić information content (AvgIpc) is 3.46. The number of rotatable bonds is 9. The second-order valence-electron chi connectivity index (χ2n) is 9.59. The molecule has 186 valence electrons. The maximum atomic E-state index is 5.48. The number of hydrogen-bond acceptors (Lipinski definition) is 5. The van der Waals surface area contributed by atoms with Crippen molar-refractivity contribution in [1.82, 2.24) is 19.4 Å². The fourth-order valence-corrected chi connectivity index (χ4v) is 4.75. The molecule has 1 aliphatic heterocycles. The van der Waals surface area contributed by atoms with Gasteiger partial charge < -0.3 is 19.1 Å². The number of methoxy groups -OCH3 is 1. The van der Waals surface area contributed by atoms with Crippen LogP contribution in [-0.4, -0.2) is 59.7 Å². The topological polar surface area (TPSA) is 36.8 Å². The summed E-state index contributed by atoms with van der Waals surface area (Å²) >= 11 is 0. The van der Waals surface area contributed by atoms with Crippen molar-refractivity contribution in [3.8, 4) is 11.4 Å². The molecule has 4 aromatic rings. The molecule has 1 fully saturated rings. The SMILES string of the molecule is COc1cccc(CN(Cc2cccc(-n3ccnc3)c2)c2ccc(CN3CCN(C)CC3)cc2)c1. The Labute approximate surface area is 214 Å². The maximum absolute atomic E-state index is 5.48. The highest BCUT2D eigenvalue weighted by Gasteiger charge is 2.15. The number of nitrogens with zero attached hydrogens (tertiary/aromatic N) is 5. The van der Waals surface area contributed by atoms with E-state index in [2.05, 4.69) is 93.5 Å². The van der Waals surface area contributed by atoms with Gasteiger partial charge in [-0.25, -0.2) is 4.98 Å². The van der Waals surface area contributed by atoms with E-state index >= 15 is 0 Å². The molecule has 0 N–H and O–H groups in total. The van der Waals surface area contributed by atoms with Crippen molar-refractivity contribution >= 4 is 5.69 Å². The molecule has 1 saturated heterocycles. The Hall–Kier alpha value is -3.61. The summed E-state index contributed by atoms with van der Waals surface area (Å²) in [5, 5.41) is 0. The van der Waals surface area contributed by atoms with Crippen LogP contribution in [0.1, 0.15) is 16.7 Å². The van der Waals surface area contributed by atoms with Gasteiger partial charge in [-0.3, -0.25) is 4.90 Å². The fraction of sp³-hybridized carbons (Fsp3) is 0.300. The van der Waals surface area contributed by atoms with Crippen LogP contribution in [0, 0.1) is 0 Å². The summed E-state index contributed by atoms with van der Waals surface area (Å²) in [7, 11) is 3.92. The van der Waals surface area contributed by atoms with Crippen molar-refractivity contribution in [2.45, 2.75) is 19.6 Å². The van der Waals surface area contributed by atoms with Gasteiger partial charge in [0.25, 0.3) is 0 Å². The largest absolute Gasteiger partial charge is 0.497 e. The number of anilines is 1. The Kier molecular flexibility index (Phi) is 7.64. The zero-order valence-electron chi connectivity index (χ0n) is 21.3. The number of ether oxygens (including phenoxy) is 1. The van der Waals surface area contributed by atoms with E-state index in [1.807, 2.05) is 29.4 Å².